The number of fused-ring (bicyclic) bond motifs is 2. The van der Waals surface area contributed by atoms with Crippen molar-refractivity contribution in [2.24, 2.45) is 0 Å². The van der Waals surface area contributed by atoms with E-state index in [9.17, 15) is 14.4 Å². The van der Waals surface area contributed by atoms with Crippen LogP contribution in [0.15, 0.2) is 42.5 Å². The van der Waals surface area contributed by atoms with Crippen molar-refractivity contribution in [2.75, 3.05) is 6.61 Å². The Bertz CT molecular complexity index is 823. The summed E-state index contributed by atoms with van der Waals surface area (Å²) >= 11 is 0. The monoisotopic (exact) mass is 309 g/mol. The predicted octanol–water partition coefficient (Wildman–Crippen LogP) is 1.99. The molecule has 0 fully saturated rings. The number of imide groups is 1. The molecule has 2 aliphatic rings. The van der Waals surface area contributed by atoms with Gasteiger partial charge in [-0.25, -0.2) is 4.79 Å². The first-order valence-corrected chi connectivity index (χ1v) is 7.11. The number of nitrogens with zero attached hydrogens (tertiary/aromatic N) is 1. The molecule has 0 atom stereocenters. The second-order valence-electron chi connectivity index (χ2n) is 5.22. The van der Waals surface area contributed by atoms with Gasteiger partial charge < -0.3 is 9.57 Å². The van der Waals surface area contributed by atoms with Gasteiger partial charge in [0.25, 0.3) is 11.8 Å². The fourth-order valence-electron chi connectivity index (χ4n) is 2.76. The van der Waals surface area contributed by atoms with Crippen LogP contribution in [0, 0.1) is 0 Å². The fourth-order valence-corrected chi connectivity index (χ4v) is 2.76. The van der Waals surface area contributed by atoms with Crippen molar-refractivity contribution in [3.63, 3.8) is 0 Å². The van der Waals surface area contributed by atoms with Crippen molar-refractivity contribution in [3.05, 3.63) is 64.7 Å². The first-order valence-electron chi connectivity index (χ1n) is 7.11. The minimum Gasteiger partial charge on any atom is -0.492 e. The fraction of sp³-hybridized carbons (Fsp3) is 0.118. The van der Waals surface area contributed by atoms with Crippen LogP contribution in [0.5, 0.6) is 5.75 Å². The van der Waals surface area contributed by atoms with E-state index >= 15 is 0 Å². The molecule has 2 aromatic carbocycles. The van der Waals surface area contributed by atoms with Gasteiger partial charge in [-0.05, 0) is 23.8 Å². The molecule has 2 aromatic rings. The van der Waals surface area contributed by atoms with E-state index in [-0.39, 0.29) is 16.7 Å². The number of carbonyl (C=O) groups is 3. The summed E-state index contributed by atoms with van der Waals surface area (Å²) in [4.78, 5) is 41.8. The molecule has 0 spiro atoms. The van der Waals surface area contributed by atoms with Crippen molar-refractivity contribution in [2.45, 2.75) is 6.42 Å². The van der Waals surface area contributed by atoms with Crippen LogP contribution in [-0.2, 0) is 11.3 Å². The molecule has 2 heterocycles. The number of rotatable bonds is 2. The van der Waals surface area contributed by atoms with Crippen molar-refractivity contribution in [1.82, 2.24) is 5.06 Å². The van der Waals surface area contributed by atoms with Crippen LogP contribution >= 0.6 is 0 Å². The zero-order valence-electron chi connectivity index (χ0n) is 11.9. The van der Waals surface area contributed by atoms with Gasteiger partial charge in [0.05, 0.1) is 17.7 Å². The summed E-state index contributed by atoms with van der Waals surface area (Å²) in [5, 5.41) is 0.501. The standard InChI is InChI=1S/C17H11NO5/c19-15-11-5-1-2-6-12(11)16(20)18(15)23-17(21)13-7-3-4-10-8-9-22-14(10)13/h1-7H,8-9H2. The highest BCUT2D eigenvalue weighted by molar-refractivity contribution is 6.21. The van der Waals surface area contributed by atoms with Crippen molar-refractivity contribution >= 4 is 17.8 Å². The van der Waals surface area contributed by atoms with Crippen molar-refractivity contribution < 1.29 is 24.0 Å². The van der Waals surface area contributed by atoms with E-state index in [1.54, 1.807) is 24.3 Å². The first-order chi connectivity index (χ1) is 11.2. The van der Waals surface area contributed by atoms with Gasteiger partial charge in [0.2, 0.25) is 0 Å². The molecule has 0 bridgehead atoms. The molecule has 114 valence electrons. The average Bonchev–Trinajstić information content (AvgIpc) is 3.14. The second kappa shape index (κ2) is 4.95. The Morgan fingerprint density at radius 3 is 2.39 bits per heavy atom. The lowest BCUT2D eigenvalue weighted by atomic mass is 10.1. The lowest BCUT2D eigenvalue weighted by Gasteiger charge is -2.14. The maximum atomic E-state index is 12.4. The number of hydrogen-bond donors (Lipinski definition) is 0. The van der Waals surface area contributed by atoms with E-state index in [4.69, 9.17) is 9.57 Å². The molecule has 0 radical (unpaired) electrons. The van der Waals surface area contributed by atoms with E-state index in [1.165, 1.54) is 12.1 Å². The third kappa shape index (κ3) is 1.99. The number of para-hydroxylation sites is 1. The zero-order chi connectivity index (χ0) is 16.0. The molecule has 0 saturated carbocycles. The Morgan fingerprint density at radius 1 is 1.00 bits per heavy atom. The van der Waals surface area contributed by atoms with Gasteiger partial charge in [0.15, 0.2) is 0 Å². The maximum absolute atomic E-state index is 12.4. The molecule has 6 heteroatoms. The van der Waals surface area contributed by atoms with E-state index < -0.39 is 17.8 Å². The normalized spacial score (nSPS) is 15.2. The van der Waals surface area contributed by atoms with Crippen molar-refractivity contribution in [1.29, 1.82) is 0 Å². The molecule has 4 rings (SSSR count). The van der Waals surface area contributed by atoms with Crippen LogP contribution in [-0.4, -0.2) is 29.5 Å². The molecular weight excluding hydrogens is 298 g/mol. The highest BCUT2D eigenvalue weighted by Crippen LogP contribution is 2.31. The van der Waals surface area contributed by atoms with Gasteiger partial charge in [-0.1, -0.05) is 29.3 Å². The smallest absolute Gasteiger partial charge is 0.367 e. The summed E-state index contributed by atoms with van der Waals surface area (Å²) < 4.78 is 5.44. The average molecular weight is 309 g/mol. The van der Waals surface area contributed by atoms with Crippen LogP contribution in [0.1, 0.15) is 36.6 Å². The van der Waals surface area contributed by atoms with Gasteiger partial charge in [0, 0.05) is 6.42 Å². The molecule has 0 saturated heterocycles. The number of carbonyl (C=O) groups excluding carboxylic acids is 3. The lowest BCUT2D eigenvalue weighted by molar-refractivity contribution is -0.0586. The Labute approximate surface area is 131 Å². The van der Waals surface area contributed by atoms with Gasteiger partial charge >= 0.3 is 5.97 Å². The molecule has 2 amide bonds. The highest BCUT2D eigenvalue weighted by Gasteiger charge is 2.39. The Hall–Kier alpha value is -3.15. The summed E-state index contributed by atoms with van der Waals surface area (Å²) in [6.45, 7) is 0.493. The van der Waals surface area contributed by atoms with Gasteiger partial charge in [-0.3, -0.25) is 9.59 Å². The quantitative estimate of drug-likeness (QED) is 0.793. The van der Waals surface area contributed by atoms with Crippen molar-refractivity contribution in [3.8, 4) is 5.75 Å². The molecular formula is C17H11NO5. The van der Waals surface area contributed by atoms with Gasteiger partial charge in [0.1, 0.15) is 11.3 Å². The van der Waals surface area contributed by atoms with Crippen LogP contribution in [0.25, 0.3) is 0 Å². The predicted molar refractivity (Wildman–Crippen MR) is 78.0 cm³/mol. The summed E-state index contributed by atoms with van der Waals surface area (Å²) in [5.41, 5.74) is 1.55. The number of amides is 2. The maximum Gasteiger partial charge on any atom is 0.367 e. The second-order valence-corrected chi connectivity index (χ2v) is 5.22. The molecule has 0 aliphatic carbocycles. The summed E-state index contributed by atoms with van der Waals surface area (Å²) in [6.07, 6.45) is 0.712. The molecule has 23 heavy (non-hydrogen) atoms. The van der Waals surface area contributed by atoms with Gasteiger partial charge in [-0.2, -0.15) is 0 Å². The Morgan fingerprint density at radius 2 is 1.70 bits per heavy atom. The minimum atomic E-state index is -0.793. The number of benzene rings is 2. The number of ether oxygens (including phenoxy) is 1. The molecule has 0 aromatic heterocycles. The lowest BCUT2D eigenvalue weighted by Crippen LogP contribution is -2.32. The SMILES string of the molecule is O=C(ON1C(=O)c2ccccc2C1=O)c1cccc2c1OCC2. The Balaban J connectivity index is 1.63. The van der Waals surface area contributed by atoms with E-state index in [0.29, 0.717) is 23.8 Å². The molecule has 6 nitrogen and oxygen atoms in total. The van der Waals surface area contributed by atoms with Crippen LogP contribution < -0.4 is 4.74 Å². The highest BCUT2D eigenvalue weighted by atomic mass is 16.7. The zero-order valence-corrected chi connectivity index (χ0v) is 11.9. The van der Waals surface area contributed by atoms with Crippen LogP contribution in [0.3, 0.4) is 0 Å². The minimum absolute atomic E-state index is 0.205. The van der Waals surface area contributed by atoms with Crippen LogP contribution in [0.4, 0.5) is 0 Å². The van der Waals surface area contributed by atoms with Crippen LogP contribution in [0.2, 0.25) is 0 Å². The first kappa shape index (κ1) is 13.5. The van der Waals surface area contributed by atoms with E-state index in [2.05, 4.69) is 0 Å². The van der Waals surface area contributed by atoms with E-state index in [0.717, 1.165) is 5.56 Å². The topological polar surface area (TPSA) is 72.9 Å². The van der Waals surface area contributed by atoms with Gasteiger partial charge in [-0.15, -0.1) is 0 Å². The molecule has 0 N–H and O–H groups in total. The Kier molecular flexibility index (Phi) is 2.90. The molecule has 2 aliphatic heterocycles. The summed E-state index contributed by atoms with van der Waals surface area (Å²) in [6, 6.07) is 11.5. The molecule has 0 unspecified atom stereocenters. The van der Waals surface area contributed by atoms with E-state index in [1.807, 2.05) is 6.07 Å². The number of hydroxylamine groups is 2. The number of hydrogen-bond acceptors (Lipinski definition) is 5. The summed E-state index contributed by atoms with van der Waals surface area (Å²) in [5.74, 6) is -1.63. The third-order valence-corrected chi connectivity index (χ3v) is 3.87. The summed E-state index contributed by atoms with van der Waals surface area (Å²) in [7, 11) is 0. The third-order valence-electron chi connectivity index (χ3n) is 3.87. The largest absolute Gasteiger partial charge is 0.492 e.